The van der Waals surface area contributed by atoms with Crippen molar-refractivity contribution in [2.24, 2.45) is 11.1 Å². The van der Waals surface area contributed by atoms with Crippen LogP contribution in [0.2, 0.25) is 0 Å². The third-order valence-electron chi connectivity index (χ3n) is 3.78. The SMILES string of the molecule is CC1CN(CCc2ccc([N+](=O)[O-])cc2)CC/C1=N\O. The molecule has 1 aromatic carbocycles. The first-order chi connectivity index (χ1) is 9.60. The van der Waals surface area contributed by atoms with Gasteiger partial charge in [0.25, 0.3) is 5.69 Å². The molecule has 1 N–H and O–H groups in total. The summed E-state index contributed by atoms with van der Waals surface area (Å²) in [6, 6.07) is 6.72. The fourth-order valence-electron chi connectivity index (χ4n) is 2.53. The summed E-state index contributed by atoms with van der Waals surface area (Å²) in [5.41, 5.74) is 2.10. The van der Waals surface area contributed by atoms with Gasteiger partial charge in [0.05, 0.1) is 10.6 Å². The summed E-state index contributed by atoms with van der Waals surface area (Å²) in [5.74, 6) is 0.283. The summed E-state index contributed by atoms with van der Waals surface area (Å²) in [4.78, 5) is 12.5. The Balaban J connectivity index is 1.85. The van der Waals surface area contributed by atoms with Crippen molar-refractivity contribution >= 4 is 11.4 Å². The van der Waals surface area contributed by atoms with Gasteiger partial charge in [-0.15, -0.1) is 0 Å². The smallest absolute Gasteiger partial charge is 0.269 e. The molecule has 108 valence electrons. The lowest BCUT2D eigenvalue weighted by molar-refractivity contribution is -0.384. The van der Waals surface area contributed by atoms with Gasteiger partial charge in [0, 0.05) is 44.1 Å². The Morgan fingerprint density at radius 1 is 1.45 bits per heavy atom. The van der Waals surface area contributed by atoms with Crippen molar-refractivity contribution in [2.75, 3.05) is 19.6 Å². The Labute approximate surface area is 117 Å². The van der Waals surface area contributed by atoms with Crippen LogP contribution in [-0.2, 0) is 6.42 Å². The Bertz CT molecular complexity index is 499. The highest BCUT2D eigenvalue weighted by atomic mass is 16.6. The van der Waals surface area contributed by atoms with Crippen molar-refractivity contribution in [3.63, 3.8) is 0 Å². The molecular formula is C14H19N3O3. The maximum Gasteiger partial charge on any atom is 0.269 e. The van der Waals surface area contributed by atoms with E-state index in [0.717, 1.165) is 43.8 Å². The van der Waals surface area contributed by atoms with Gasteiger partial charge in [-0.05, 0) is 12.0 Å². The maximum atomic E-state index is 10.6. The Kier molecular flexibility index (Phi) is 4.68. The Hall–Kier alpha value is -1.95. The van der Waals surface area contributed by atoms with Gasteiger partial charge >= 0.3 is 0 Å². The van der Waals surface area contributed by atoms with Crippen molar-refractivity contribution in [3.8, 4) is 0 Å². The molecule has 0 saturated carbocycles. The molecule has 0 aromatic heterocycles. The van der Waals surface area contributed by atoms with Gasteiger partial charge < -0.3 is 10.1 Å². The monoisotopic (exact) mass is 277 g/mol. The molecule has 20 heavy (non-hydrogen) atoms. The molecule has 1 aliphatic heterocycles. The van der Waals surface area contributed by atoms with Gasteiger partial charge in [-0.3, -0.25) is 10.1 Å². The van der Waals surface area contributed by atoms with E-state index < -0.39 is 0 Å². The fraction of sp³-hybridized carbons (Fsp3) is 0.500. The fourth-order valence-corrected chi connectivity index (χ4v) is 2.53. The van der Waals surface area contributed by atoms with Gasteiger partial charge in [0.15, 0.2) is 0 Å². The van der Waals surface area contributed by atoms with Gasteiger partial charge in [-0.2, -0.15) is 0 Å². The van der Waals surface area contributed by atoms with Gasteiger partial charge in [-0.1, -0.05) is 24.2 Å². The molecule has 0 bridgehead atoms. The largest absolute Gasteiger partial charge is 0.411 e. The van der Waals surface area contributed by atoms with E-state index in [1.54, 1.807) is 12.1 Å². The van der Waals surface area contributed by atoms with E-state index in [1.165, 1.54) is 0 Å². The molecule has 2 rings (SSSR count). The van der Waals surface area contributed by atoms with Crippen LogP contribution in [0.15, 0.2) is 29.4 Å². The number of nitrogens with zero attached hydrogens (tertiary/aromatic N) is 3. The van der Waals surface area contributed by atoms with Gasteiger partial charge in [0.2, 0.25) is 0 Å². The summed E-state index contributed by atoms with van der Waals surface area (Å²) < 4.78 is 0. The second kappa shape index (κ2) is 6.47. The minimum Gasteiger partial charge on any atom is -0.411 e. The zero-order chi connectivity index (χ0) is 14.5. The zero-order valence-corrected chi connectivity index (χ0v) is 11.5. The van der Waals surface area contributed by atoms with Crippen molar-refractivity contribution in [1.29, 1.82) is 0 Å². The minimum absolute atomic E-state index is 0.129. The molecule has 0 amide bonds. The molecule has 0 spiro atoms. The molecule has 0 radical (unpaired) electrons. The van der Waals surface area contributed by atoms with Crippen LogP contribution in [0.25, 0.3) is 0 Å². The van der Waals surface area contributed by atoms with Crippen LogP contribution in [0.3, 0.4) is 0 Å². The first-order valence-electron chi connectivity index (χ1n) is 6.76. The first kappa shape index (κ1) is 14.5. The Morgan fingerprint density at radius 3 is 2.70 bits per heavy atom. The van der Waals surface area contributed by atoms with Crippen LogP contribution >= 0.6 is 0 Å². The summed E-state index contributed by atoms with van der Waals surface area (Å²) in [6.45, 7) is 4.77. The third kappa shape index (κ3) is 3.54. The first-order valence-corrected chi connectivity index (χ1v) is 6.76. The number of hydrogen-bond donors (Lipinski definition) is 1. The van der Waals surface area contributed by atoms with E-state index in [2.05, 4.69) is 17.0 Å². The lowest BCUT2D eigenvalue weighted by Gasteiger charge is -2.31. The number of piperidine rings is 1. The summed E-state index contributed by atoms with van der Waals surface area (Å²) in [5, 5.41) is 22.8. The van der Waals surface area contributed by atoms with E-state index in [9.17, 15) is 10.1 Å². The van der Waals surface area contributed by atoms with E-state index in [1.807, 2.05) is 12.1 Å². The lowest BCUT2D eigenvalue weighted by atomic mass is 9.97. The molecule has 1 aliphatic rings. The number of benzene rings is 1. The molecule has 1 saturated heterocycles. The minimum atomic E-state index is -0.383. The van der Waals surface area contributed by atoms with Crippen LogP contribution in [0.4, 0.5) is 5.69 Å². The maximum absolute atomic E-state index is 10.6. The van der Waals surface area contributed by atoms with Crippen molar-refractivity contribution in [1.82, 2.24) is 4.90 Å². The lowest BCUT2D eigenvalue weighted by Crippen LogP contribution is -2.40. The standard InChI is InChI=1S/C14H19N3O3/c1-11-10-16(9-7-14(11)15-18)8-6-12-2-4-13(5-3-12)17(19)20/h2-5,11,18H,6-10H2,1H3/b15-14+. The summed E-state index contributed by atoms with van der Waals surface area (Å²) >= 11 is 0. The highest BCUT2D eigenvalue weighted by molar-refractivity contribution is 5.86. The summed E-state index contributed by atoms with van der Waals surface area (Å²) in [6.07, 6.45) is 1.67. The highest BCUT2D eigenvalue weighted by Crippen LogP contribution is 2.16. The van der Waals surface area contributed by atoms with E-state index >= 15 is 0 Å². The highest BCUT2D eigenvalue weighted by Gasteiger charge is 2.22. The quantitative estimate of drug-likeness (QED) is 0.520. The van der Waals surface area contributed by atoms with Crippen LogP contribution < -0.4 is 0 Å². The third-order valence-corrected chi connectivity index (χ3v) is 3.78. The van der Waals surface area contributed by atoms with Crippen LogP contribution in [0.5, 0.6) is 0 Å². The molecule has 6 heteroatoms. The van der Waals surface area contributed by atoms with E-state index in [-0.39, 0.29) is 16.5 Å². The number of rotatable bonds is 4. The van der Waals surface area contributed by atoms with Crippen molar-refractivity contribution < 1.29 is 10.1 Å². The molecular weight excluding hydrogens is 258 g/mol. The number of non-ortho nitro benzene ring substituents is 1. The average Bonchev–Trinajstić information content (AvgIpc) is 2.45. The van der Waals surface area contributed by atoms with E-state index in [0.29, 0.717) is 0 Å². The second-order valence-electron chi connectivity index (χ2n) is 5.22. The number of nitro groups is 1. The Morgan fingerprint density at radius 2 is 2.15 bits per heavy atom. The molecule has 1 unspecified atom stereocenters. The van der Waals surface area contributed by atoms with Gasteiger partial charge in [-0.25, -0.2) is 0 Å². The zero-order valence-electron chi connectivity index (χ0n) is 11.5. The predicted molar refractivity (Wildman–Crippen MR) is 76.2 cm³/mol. The molecule has 1 heterocycles. The normalized spacial score (nSPS) is 22.1. The van der Waals surface area contributed by atoms with E-state index in [4.69, 9.17) is 5.21 Å². The number of nitro benzene ring substituents is 1. The summed E-state index contributed by atoms with van der Waals surface area (Å²) in [7, 11) is 0. The number of hydrogen-bond acceptors (Lipinski definition) is 5. The van der Waals surface area contributed by atoms with Crippen molar-refractivity contribution in [3.05, 3.63) is 39.9 Å². The molecule has 1 aromatic rings. The van der Waals surface area contributed by atoms with Crippen LogP contribution in [-0.4, -0.2) is 40.4 Å². The van der Waals surface area contributed by atoms with Crippen LogP contribution in [0.1, 0.15) is 18.9 Å². The van der Waals surface area contributed by atoms with Gasteiger partial charge in [0.1, 0.15) is 0 Å². The molecule has 0 aliphatic carbocycles. The average molecular weight is 277 g/mol. The second-order valence-corrected chi connectivity index (χ2v) is 5.22. The number of likely N-dealkylation sites (tertiary alicyclic amines) is 1. The van der Waals surface area contributed by atoms with Crippen LogP contribution in [0, 0.1) is 16.0 Å². The number of oxime groups is 1. The topological polar surface area (TPSA) is 79.0 Å². The molecule has 1 fully saturated rings. The molecule has 6 nitrogen and oxygen atoms in total. The predicted octanol–water partition coefficient (Wildman–Crippen LogP) is 2.31. The van der Waals surface area contributed by atoms with Crippen molar-refractivity contribution in [2.45, 2.75) is 19.8 Å². The molecule has 1 atom stereocenters.